The number of anilines is 1. The maximum absolute atomic E-state index is 5.85. The van der Waals surface area contributed by atoms with E-state index in [0.29, 0.717) is 17.8 Å². The van der Waals surface area contributed by atoms with E-state index in [1.165, 1.54) is 19.3 Å². The van der Waals surface area contributed by atoms with Crippen molar-refractivity contribution in [3.8, 4) is 5.88 Å². The minimum absolute atomic E-state index is 0.122. The summed E-state index contributed by atoms with van der Waals surface area (Å²) in [5.74, 6) is 2.11. The van der Waals surface area contributed by atoms with Gasteiger partial charge in [0.25, 0.3) is 0 Å². The van der Waals surface area contributed by atoms with Gasteiger partial charge in [0, 0.05) is 19.2 Å². The number of nitrogens with two attached hydrogens (primary N) is 1. The molecule has 0 radical (unpaired) electrons. The molecule has 2 atom stereocenters. The second-order valence-corrected chi connectivity index (χ2v) is 5.49. The molecule has 2 rings (SSSR count). The lowest BCUT2D eigenvalue weighted by atomic mass is 10.0. The minimum atomic E-state index is 0.122. The monoisotopic (exact) mass is 264 g/mol. The van der Waals surface area contributed by atoms with E-state index in [2.05, 4.69) is 21.9 Å². The van der Waals surface area contributed by atoms with Crippen molar-refractivity contribution in [2.75, 3.05) is 18.5 Å². The standard InChI is InChI=1S/C14H24N4O/c1-10(2)19-14-7-13(16-9-17-14)18(3)12-6-4-5-11(12)8-15/h7,9-12H,4-6,8,15H2,1-3H3. The second-order valence-electron chi connectivity index (χ2n) is 5.49. The molecule has 0 bridgehead atoms. The molecule has 1 aliphatic rings. The third-order valence-corrected chi connectivity index (χ3v) is 3.76. The largest absolute Gasteiger partial charge is 0.475 e. The quantitative estimate of drug-likeness (QED) is 0.879. The van der Waals surface area contributed by atoms with Crippen LogP contribution in [0.15, 0.2) is 12.4 Å². The van der Waals surface area contributed by atoms with E-state index >= 15 is 0 Å². The molecule has 2 unspecified atom stereocenters. The molecule has 5 nitrogen and oxygen atoms in total. The lowest BCUT2D eigenvalue weighted by Crippen LogP contribution is -2.38. The van der Waals surface area contributed by atoms with Crippen LogP contribution in [0.2, 0.25) is 0 Å². The van der Waals surface area contributed by atoms with Crippen molar-refractivity contribution in [1.82, 2.24) is 9.97 Å². The summed E-state index contributed by atoms with van der Waals surface area (Å²) in [5, 5.41) is 0. The van der Waals surface area contributed by atoms with Gasteiger partial charge in [0.05, 0.1) is 6.10 Å². The molecular weight excluding hydrogens is 240 g/mol. The summed E-state index contributed by atoms with van der Waals surface area (Å²) in [4.78, 5) is 10.7. The molecular formula is C14H24N4O. The SMILES string of the molecule is CC(C)Oc1cc(N(C)C2CCCC2CN)ncn1. The summed E-state index contributed by atoms with van der Waals surface area (Å²) in [7, 11) is 2.08. The van der Waals surface area contributed by atoms with E-state index in [1.807, 2.05) is 19.9 Å². The Balaban J connectivity index is 2.12. The Morgan fingerprint density at radius 2 is 2.21 bits per heavy atom. The van der Waals surface area contributed by atoms with Crippen molar-refractivity contribution >= 4 is 5.82 Å². The average Bonchev–Trinajstić information content (AvgIpc) is 2.85. The molecule has 0 amide bonds. The van der Waals surface area contributed by atoms with Crippen LogP contribution in [0.4, 0.5) is 5.82 Å². The molecule has 19 heavy (non-hydrogen) atoms. The first-order valence-electron chi connectivity index (χ1n) is 7.03. The molecule has 0 aromatic carbocycles. The summed E-state index contributed by atoms with van der Waals surface area (Å²) in [5.41, 5.74) is 5.85. The highest BCUT2D eigenvalue weighted by atomic mass is 16.5. The summed E-state index contributed by atoms with van der Waals surface area (Å²) >= 11 is 0. The normalized spacial score (nSPS) is 22.8. The van der Waals surface area contributed by atoms with Crippen LogP contribution in [0.25, 0.3) is 0 Å². The molecule has 0 aliphatic heterocycles. The second kappa shape index (κ2) is 6.19. The topological polar surface area (TPSA) is 64.3 Å². The van der Waals surface area contributed by atoms with Crippen molar-refractivity contribution in [3.63, 3.8) is 0 Å². The Bertz CT molecular complexity index is 410. The van der Waals surface area contributed by atoms with Crippen LogP contribution in [0.3, 0.4) is 0 Å². The Kier molecular flexibility index (Phi) is 4.58. The first kappa shape index (κ1) is 14.1. The van der Waals surface area contributed by atoms with Crippen molar-refractivity contribution in [2.24, 2.45) is 11.7 Å². The maximum atomic E-state index is 5.85. The molecule has 0 saturated heterocycles. The third-order valence-electron chi connectivity index (χ3n) is 3.76. The molecule has 1 heterocycles. The van der Waals surface area contributed by atoms with Crippen LogP contribution in [-0.4, -0.2) is 35.7 Å². The number of rotatable bonds is 5. The average molecular weight is 264 g/mol. The minimum Gasteiger partial charge on any atom is -0.475 e. The van der Waals surface area contributed by atoms with E-state index < -0.39 is 0 Å². The van der Waals surface area contributed by atoms with Crippen molar-refractivity contribution < 1.29 is 4.74 Å². The molecule has 2 N–H and O–H groups in total. The van der Waals surface area contributed by atoms with Crippen LogP contribution in [0.1, 0.15) is 33.1 Å². The van der Waals surface area contributed by atoms with Gasteiger partial charge in [0.15, 0.2) is 0 Å². The number of hydrogen-bond donors (Lipinski definition) is 1. The molecule has 106 valence electrons. The molecule has 1 saturated carbocycles. The van der Waals surface area contributed by atoms with Crippen LogP contribution in [-0.2, 0) is 0 Å². The molecule has 1 aromatic rings. The molecule has 0 spiro atoms. The molecule has 1 aromatic heterocycles. The van der Waals surface area contributed by atoms with Crippen LogP contribution >= 0.6 is 0 Å². The summed E-state index contributed by atoms with van der Waals surface area (Å²) in [6.07, 6.45) is 5.33. The Morgan fingerprint density at radius 3 is 2.89 bits per heavy atom. The van der Waals surface area contributed by atoms with Crippen molar-refractivity contribution in [1.29, 1.82) is 0 Å². The molecule has 1 fully saturated rings. The van der Waals surface area contributed by atoms with Crippen LogP contribution in [0.5, 0.6) is 5.88 Å². The summed E-state index contributed by atoms with van der Waals surface area (Å²) in [6, 6.07) is 2.39. The van der Waals surface area contributed by atoms with E-state index in [4.69, 9.17) is 10.5 Å². The van der Waals surface area contributed by atoms with Gasteiger partial charge in [-0.15, -0.1) is 0 Å². The number of ether oxygens (including phenoxy) is 1. The first-order chi connectivity index (χ1) is 9.11. The number of hydrogen-bond acceptors (Lipinski definition) is 5. The Hall–Kier alpha value is -1.36. The van der Waals surface area contributed by atoms with Gasteiger partial charge in [-0.3, -0.25) is 0 Å². The zero-order valence-corrected chi connectivity index (χ0v) is 12.0. The van der Waals surface area contributed by atoms with Gasteiger partial charge in [-0.05, 0) is 39.2 Å². The smallest absolute Gasteiger partial charge is 0.218 e. The van der Waals surface area contributed by atoms with Crippen LogP contribution in [0, 0.1) is 5.92 Å². The van der Waals surface area contributed by atoms with E-state index in [9.17, 15) is 0 Å². The third kappa shape index (κ3) is 3.35. The predicted molar refractivity (Wildman–Crippen MR) is 76.4 cm³/mol. The lowest BCUT2D eigenvalue weighted by molar-refractivity contribution is 0.232. The fourth-order valence-corrected chi connectivity index (χ4v) is 2.80. The van der Waals surface area contributed by atoms with Crippen molar-refractivity contribution in [3.05, 3.63) is 12.4 Å². The fraction of sp³-hybridized carbons (Fsp3) is 0.714. The summed E-state index contributed by atoms with van der Waals surface area (Å²) < 4.78 is 5.62. The Morgan fingerprint density at radius 1 is 1.42 bits per heavy atom. The van der Waals surface area contributed by atoms with Gasteiger partial charge in [-0.25, -0.2) is 9.97 Å². The zero-order valence-electron chi connectivity index (χ0n) is 12.0. The van der Waals surface area contributed by atoms with E-state index in [-0.39, 0.29) is 6.10 Å². The van der Waals surface area contributed by atoms with E-state index in [0.717, 1.165) is 12.4 Å². The number of aromatic nitrogens is 2. The lowest BCUT2D eigenvalue weighted by Gasteiger charge is -2.30. The highest BCUT2D eigenvalue weighted by Gasteiger charge is 2.30. The van der Waals surface area contributed by atoms with Crippen molar-refractivity contribution in [2.45, 2.75) is 45.3 Å². The van der Waals surface area contributed by atoms with Gasteiger partial charge in [-0.2, -0.15) is 0 Å². The summed E-state index contributed by atoms with van der Waals surface area (Å²) in [6.45, 7) is 4.73. The highest BCUT2D eigenvalue weighted by Crippen LogP contribution is 2.31. The fourth-order valence-electron chi connectivity index (χ4n) is 2.80. The predicted octanol–water partition coefficient (Wildman–Crippen LogP) is 1.83. The van der Waals surface area contributed by atoms with Gasteiger partial charge < -0.3 is 15.4 Å². The maximum Gasteiger partial charge on any atom is 0.218 e. The highest BCUT2D eigenvalue weighted by molar-refractivity contribution is 5.41. The Labute approximate surface area is 115 Å². The zero-order chi connectivity index (χ0) is 13.8. The first-order valence-corrected chi connectivity index (χ1v) is 7.03. The van der Waals surface area contributed by atoms with E-state index in [1.54, 1.807) is 6.33 Å². The molecule has 1 aliphatic carbocycles. The van der Waals surface area contributed by atoms with Gasteiger partial charge >= 0.3 is 0 Å². The van der Waals surface area contributed by atoms with Gasteiger partial charge in [-0.1, -0.05) is 6.42 Å². The van der Waals surface area contributed by atoms with Gasteiger partial charge in [0.1, 0.15) is 12.1 Å². The number of nitrogens with zero attached hydrogens (tertiary/aromatic N) is 3. The van der Waals surface area contributed by atoms with Gasteiger partial charge in [0.2, 0.25) is 5.88 Å². The van der Waals surface area contributed by atoms with Crippen LogP contribution < -0.4 is 15.4 Å². The molecule has 5 heteroatoms.